The largest absolute Gasteiger partial charge is 0.453 e. The Morgan fingerprint density at radius 2 is 1.38 bits per heavy atom. The Labute approximate surface area is 337 Å². The maximum Gasteiger partial charge on any atom is 0.407 e. The highest BCUT2D eigenvalue weighted by molar-refractivity contribution is 5.87. The average molecular weight is 793 g/mol. The molecule has 306 valence electrons. The summed E-state index contributed by atoms with van der Waals surface area (Å²) in [5.41, 5.74) is 6.76. The van der Waals surface area contributed by atoms with Crippen molar-refractivity contribution in [2.75, 3.05) is 27.3 Å². The van der Waals surface area contributed by atoms with Crippen LogP contribution in [-0.4, -0.2) is 105 Å². The molecule has 4 amide bonds. The zero-order valence-corrected chi connectivity index (χ0v) is 33.7. The molecular formula is C42H52N10O6. The molecule has 7 rings (SSSR count). The fraction of sp³-hybridized carbons (Fsp3) is 0.452. The predicted molar refractivity (Wildman–Crippen MR) is 217 cm³/mol. The van der Waals surface area contributed by atoms with Crippen molar-refractivity contribution in [1.82, 2.24) is 51.0 Å². The lowest BCUT2D eigenvalue weighted by Crippen LogP contribution is -2.57. The number of nitrogens with zero attached hydrogens (tertiary/aromatic N) is 5. The molecule has 4 aromatic rings. The number of H-pyrrole nitrogens is 1. The van der Waals surface area contributed by atoms with Gasteiger partial charge in [0.1, 0.15) is 24.1 Å². The van der Waals surface area contributed by atoms with Crippen LogP contribution in [-0.2, 0) is 19.1 Å². The van der Waals surface area contributed by atoms with Crippen LogP contribution in [0.2, 0.25) is 0 Å². The number of aromatic nitrogens is 4. The Bertz CT molecular complexity index is 2190. The number of hydrogen-bond acceptors (Lipinski definition) is 11. The van der Waals surface area contributed by atoms with Crippen molar-refractivity contribution < 1.29 is 28.7 Å². The average Bonchev–Trinajstić information content (AvgIpc) is 4.07. The Morgan fingerprint density at radius 3 is 2.05 bits per heavy atom. The van der Waals surface area contributed by atoms with Crippen LogP contribution in [0.1, 0.15) is 70.8 Å². The van der Waals surface area contributed by atoms with Gasteiger partial charge in [0.2, 0.25) is 11.8 Å². The van der Waals surface area contributed by atoms with Gasteiger partial charge in [0, 0.05) is 30.4 Å². The maximum absolute atomic E-state index is 13.6. The molecule has 58 heavy (non-hydrogen) atoms. The zero-order chi connectivity index (χ0) is 41.1. The Kier molecular flexibility index (Phi) is 11.8. The first-order chi connectivity index (χ1) is 27.9. The number of imidazole rings is 1. The number of benzene rings is 2. The lowest BCUT2D eigenvalue weighted by atomic mass is 10.0. The summed E-state index contributed by atoms with van der Waals surface area (Å²) in [5, 5.41) is 12.4. The van der Waals surface area contributed by atoms with Crippen LogP contribution in [0.15, 0.2) is 61.1 Å². The van der Waals surface area contributed by atoms with E-state index in [0.717, 1.165) is 70.5 Å². The molecule has 2 aromatic heterocycles. The third kappa shape index (κ3) is 8.27. The van der Waals surface area contributed by atoms with Crippen molar-refractivity contribution in [1.29, 1.82) is 0 Å². The van der Waals surface area contributed by atoms with Crippen LogP contribution >= 0.6 is 0 Å². The van der Waals surface area contributed by atoms with Crippen LogP contribution in [0.3, 0.4) is 0 Å². The monoisotopic (exact) mass is 792 g/mol. The fourth-order valence-electron chi connectivity index (χ4n) is 8.07. The summed E-state index contributed by atoms with van der Waals surface area (Å²) in [4.78, 5) is 72.5. The molecule has 0 spiro atoms. The van der Waals surface area contributed by atoms with E-state index in [1.807, 2.05) is 81.3 Å². The first-order valence-electron chi connectivity index (χ1n) is 19.9. The summed E-state index contributed by atoms with van der Waals surface area (Å²) in [5.74, 6) is 0.222. The minimum atomic E-state index is -0.701. The van der Waals surface area contributed by atoms with Crippen LogP contribution in [0.4, 0.5) is 9.59 Å². The number of aromatic amines is 1. The van der Waals surface area contributed by atoms with E-state index in [2.05, 4.69) is 31.2 Å². The molecule has 0 radical (unpaired) electrons. The van der Waals surface area contributed by atoms with Crippen LogP contribution in [0.5, 0.6) is 0 Å². The molecule has 5 heterocycles. The van der Waals surface area contributed by atoms with E-state index in [4.69, 9.17) is 19.4 Å². The van der Waals surface area contributed by atoms with Gasteiger partial charge in [0.05, 0.1) is 66.8 Å². The van der Waals surface area contributed by atoms with Crippen LogP contribution < -0.4 is 21.3 Å². The lowest BCUT2D eigenvalue weighted by Gasteiger charge is -2.34. The fourth-order valence-corrected chi connectivity index (χ4v) is 8.07. The Hall–Kier alpha value is -6.19. The van der Waals surface area contributed by atoms with Crippen molar-refractivity contribution in [3.63, 3.8) is 0 Å². The third-order valence-electron chi connectivity index (χ3n) is 11.3. The Balaban J connectivity index is 0.994. The SMILES string of the molecule is COC(=O)N[C@H](C(=O)N1CCC[C@H]1c1ncc(-c2ccc3nc(-c4ccc(C5=CNC([C@@H]6CCCN6C(=O)[C@@H](NC(=O)OC)C(C)C)N5)cc4)cnc3c2)[nH]1)C(C)C. The van der Waals surface area contributed by atoms with Gasteiger partial charge < -0.3 is 45.5 Å². The van der Waals surface area contributed by atoms with Crippen molar-refractivity contribution in [3.8, 4) is 22.5 Å². The minimum Gasteiger partial charge on any atom is -0.453 e. The van der Waals surface area contributed by atoms with Gasteiger partial charge in [0.15, 0.2) is 0 Å². The molecule has 0 aliphatic carbocycles. The highest BCUT2D eigenvalue weighted by atomic mass is 16.5. The first-order valence-corrected chi connectivity index (χ1v) is 19.9. The molecular weight excluding hydrogens is 741 g/mol. The zero-order valence-electron chi connectivity index (χ0n) is 33.7. The van der Waals surface area contributed by atoms with E-state index in [0.29, 0.717) is 18.9 Å². The highest BCUT2D eigenvalue weighted by Gasteiger charge is 2.41. The van der Waals surface area contributed by atoms with Gasteiger partial charge in [0.25, 0.3) is 0 Å². The molecule has 2 fully saturated rings. The summed E-state index contributed by atoms with van der Waals surface area (Å²) >= 11 is 0. The third-order valence-corrected chi connectivity index (χ3v) is 11.3. The van der Waals surface area contributed by atoms with E-state index >= 15 is 0 Å². The molecule has 16 heteroatoms. The van der Waals surface area contributed by atoms with Gasteiger partial charge in [-0.1, -0.05) is 58.0 Å². The molecule has 2 saturated heterocycles. The van der Waals surface area contributed by atoms with E-state index in [1.165, 1.54) is 14.2 Å². The molecule has 1 unspecified atom stereocenters. The smallest absolute Gasteiger partial charge is 0.407 e. The maximum atomic E-state index is 13.6. The second kappa shape index (κ2) is 17.1. The summed E-state index contributed by atoms with van der Waals surface area (Å²) in [6.07, 6.45) is 7.38. The minimum absolute atomic E-state index is 0.0842. The summed E-state index contributed by atoms with van der Waals surface area (Å²) in [7, 11) is 2.58. The molecule has 3 aliphatic heterocycles. The quantitative estimate of drug-likeness (QED) is 0.138. The second-order valence-electron chi connectivity index (χ2n) is 15.7. The van der Waals surface area contributed by atoms with Crippen molar-refractivity contribution in [2.24, 2.45) is 11.8 Å². The standard InChI is InChI=1S/C42H52N10O6/c1-23(2)35(49-41(55)57-5)39(53)51-17-7-9-33(51)37-44-21-31(47-37)26-13-11-25(12-14-26)30-20-43-29-19-27(15-16-28(29)46-30)32-22-45-38(48-32)34-10-8-18-52(34)40(54)36(24(3)4)50-42(56)58-6/h11-16,19-24,33-37,44,47H,7-10,17-18H2,1-6H3,(H,45,48)(H,49,55)(H,50,56)/t33-,34-,35-,36-,37?/m0/s1. The van der Waals surface area contributed by atoms with Gasteiger partial charge in [-0.15, -0.1) is 0 Å². The van der Waals surface area contributed by atoms with Gasteiger partial charge >= 0.3 is 12.2 Å². The number of carbonyl (C=O) groups is 4. The summed E-state index contributed by atoms with van der Waals surface area (Å²) in [6, 6.07) is 12.3. The molecule has 5 atom stereocenters. The summed E-state index contributed by atoms with van der Waals surface area (Å²) in [6.45, 7) is 8.81. The first kappa shape index (κ1) is 40.0. The number of amides is 4. The van der Waals surface area contributed by atoms with Crippen molar-refractivity contribution in [2.45, 2.75) is 83.7 Å². The molecule has 16 nitrogen and oxygen atoms in total. The van der Waals surface area contributed by atoms with E-state index in [9.17, 15) is 19.2 Å². The number of ether oxygens (including phenoxy) is 2. The molecule has 2 aromatic carbocycles. The highest BCUT2D eigenvalue weighted by Crippen LogP contribution is 2.34. The van der Waals surface area contributed by atoms with Crippen molar-refractivity contribution >= 4 is 40.7 Å². The van der Waals surface area contributed by atoms with Crippen LogP contribution in [0.25, 0.3) is 39.2 Å². The topological polar surface area (TPSA) is 196 Å². The van der Waals surface area contributed by atoms with E-state index in [1.54, 1.807) is 17.3 Å². The lowest BCUT2D eigenvalue weighted by molar-refractivity contribution is -0.136. The number of fused-ring (bicyclic) bond motifs is 1. The molecule has 3 aliphatic rings. The van der Waals surface area contributed by atoms with Gasteiger partial charge in [-0.3, -0.25) is 14.6 Å². The molecule has 5 N–H and O–H groups in total. The molecule has 0 saturated carbocycles. The van der Waals surface area contributed by atoms with Crippen molar-refractivity contribution in [3.05, 3.63) is 72.4 Å². The molecule has 0 bridgehead atoms. The Morgan fingerprint density at radius 1 is 0.759 bits per heavy atom. The van der Waals surface area contributed by atoms with Crippen LogP contribution in [0, 0.1) is 11.8 Å². The number of rotatable bonds is 11. The number of carbonyl (C=O) groups excluding carboxylic acids is 4. The van der Waals surface area contributed by atoms with Gasteiger partial charge in [-0.2, -0.15) is 0 Å². The number of likely N-dealkylation sites (tertiary alicyclic amines) is 2. The number of nitrogens with one attached hydrogen (secondary N) is 5. The predicted octanol–water partition coefficient (Wildman–Crippen LogP) is 4.92. The summed E-state index contributed by atoms with van der Waals surface area (Å²) < 4.78 is 9.52. The van der Waals surface area contributed by atoms with E-state index in [-0.39, 0.29) is 41.9 Å². The number of methoxy groups -OCH3 is 2. The number of alkyl carbamates (subject to hydrolysis) is 2. The number of hydrogen-bond donors (Lipinski definition) is 5. The van der Waals surface area contributed by atoms with Gasteiger partial charge in [-0.25, -0.2) is 19.6 Å². The normalized spacial score (nSPS) is 20.1. The second-order valence-corrected chi connectivity index (χ2v) is 15.7. The van der Waals surface area contributed by atoms with E-state index < -0.39 is 24.3 Å². The van der Waals surface area contributed by atoms with Gasteiger partial charge in [-0.05, 0) is 55.2 Å².